The summed E-state index contributed by atoms with van der Waals surface area (Å²) in [7, 11) is 0. The van der Waals surface area contributed by atoms with Crippen LogP contribution in [-0.4, -0.2) is 28.3 Å². The Morgan fingerprint density at radius 3 is 2.85 bits per heavy atom. The smallest absolute Gasteiger partial charge is 0.259 e. The van der Waals surface area contributed by atoms with Crippen molar-refractivity contribution in [3.63, 3.8) is 0 Å². The lowest BCUT2D eigenvalue weighted by molar-refractivity contribution is 0.102. The first-order chi connectivity index (χ1) is 12.6. The number of amidine groups is 1. The maximum absolute atomic E-state index is 12.4. The molecule has 1 aliphatic heterocycles. The molecule has 132 valence electrons. The Bertz CT molecular complexity index is 939. The number of aliphatic imine (C=N–C) groups is 1. The van der Waals surface area contributed by atoms with Gasteiger partial charge in [0.25, 0.3) is 5.91 Å². The highest BCUT2D eigenvalue weighted by Gasteiger charge is 2.28. The summed E-state index contributed by atoms with van der Waals surface area (Å²) >= 11 is 9.48. The number of rotatable bonds is 4. The molecule has 26 heavy (non-hydrogen) atoms. The molecule has 2 N–H and O–H groups in total. The van der Waals surface area contributed by atoms with Crippen LogP contribution in [0.3, 0.4) is 0 Å². The molecule has 2 heterocycles. The van der Waals surface area contributed by atoms with Gasteiger partial charge in [0.15, 0.2) is 5.82 Å². The van der Waals surface area contributed by atoms with E-state index in [0.717, 1.165) is 12.4 Å². The molecular weight excluding hydrogens is 418 g/mol. The lowest BCUT2D eigenvalue weighted by atomic mass is 10.2. The van der Waals surface area contributed by atoms with E-state index < -0.39 is 0 Å². The number of anilines is 2. The summed E-state index contributed by atoms with van der Waals surface area (Å²) in [6.45, 7) is 0.742. The first kappa shape index (κ1) is 17.2. The molecule has 4 rings (SSSR count). The van der Waals surface area contributed by atoms with E-state index in [2.05, 4.69) is 47.6 Å². The second-order valence-corrected chi connectivity index (χ2v) is 7.41. The molecule has 1 aromatic carbocycles. The van der Waals surface area contributed by atoms with E-state index >= 15 is 0 Å². The van der Waals surface area contributed by atoms with Crippen LogP contribution in [0.15, 0.2) is 51.6 Å². The number of halogens is 2. The number of carbonyl (C=O) groups excluding carboxylic acids is 1. The van der Waals surface area contributed by atoms with Crippen LogP contribution in [0.2, 0.25) is 5.02 Å². The summed E-state index contributed by atoms with van der Waals surface area (Å²) in [6.07, 6.45) is 6.17. The van der Waals surface area contributed by atoms with E-state index in [0.29, 0.717) is 26.8 Å². The van der Waals surface area contributed by atoms with Crippen molar-refractivity contribution in [1.82, 2.24) is 9.97 Å². The quantitative estimate of drug-likeness (QED) is 0.755. The first-order valence-electron chi connectivity index (χ1n) is 8.20. The first-order valence-corrected chi connectivity index (χ1v) is 9.37. The third-order valence-electron chi connectivity index (χ3n) is 4.19. The van der Waals surface area contributed by atoms with Crippen LogP contribution in [0.4, 0.5) is 11.8 Å². The molecule has 0 atom stereocenters. The Hall–Kier alpha value is -2.25. The van der Waals surface area contributed by atoms with Crippen molar-refractivity contribution < 1.29 is 4.79 Å². The zero-order chi connectivity index (χ0) is 18.1. The molecule has 0 saturated heterocycles. The molecule has 0 unspecified atom stereocenters. The van der Waals surface area contributed by atoms with Gasteiger partial charge in [0, 0.05) is 6.20 Å². The number of nitrogens with zero attached hydrogens (tertiary/aromatic N) is 3. The zero-order valence-corrected chi connectivity index (χ0v) is 16.0. The standard InChI is InChI=1S/C18H15BrClN5O/c19-13-9-22-18(25-17(26)12-3-1-2-4-14(12)20)24-16(13)23-15-7-11(8-21-15)10-5-6-10/h1-4,7,9-10H,5-6,8H2,(H2,21,22,23,24,25,26). The lowest BCUT2D eigenvalue weighted by Gasteiger charge is -2.09. The highest BCUT2D eigenvalue weighted by molar-refractivity contribution is 9.10. The highest BCUT2D eigenvalue weighted by atomic mass is 79.9. The second-order valence-electron chi connectivity index (χ2n) is 6.14. The van der Waals surface area contributed by atoms with Crippen LogP contribution < -0.4 is 10.6 Å². The Kier molecular flexibility index (Phi) is 4.74. The van der Waals surface area contributed by atoms with E-state index in [1.165, 1.54) is 18.4 Å². The van der Waals surface area contributed by atoms with Gasteiger partial charge >= 0.3 is 0 Å². The van der Waals surface area contributed by atoms with E-state index in [-0.39, 0.29) is 11.9 Å². The van der Waals surface area contributed by atoms with Gasteiger partial charge in [-0.3, -0.25) is 15.1 Å². The lowest BCUT2D eigenvalue weighted by Crippen LogP contribution is -2.16. The third-order valence-corrected chi connectivity index (χ3v) is 5.10. The maximum atomic E-state index is 12.4. The van der Waals surface area contributed by atoms with Crippen LogP contribution in [-0.2, 0) is 0 Å². The van der Waals surface area contributed by atoms with E-state index in [1.807, 2.05) is 0 Å². The molecule has 0 spiro atoms. The Labute approximate surface area is 163 Å². The van der Waals surface area contributed by atoms with Crippen molar-refractivity contribution in [1.29, 1.82) is 0 Å². The predicted molar refractivity (Wildman–Crippen MR) is 106 cm³/mol. The molecule has 1 aromatic heterocycles. The number of carbonyl (C=O) groups is 1. The molecule has 1 fully saturated rings. The molecule has 1 aliphatic carbocycles. The second kappa shape index (κ2) is 7.17. The minimum Gasteiger partial charge on any atom is -0.324 e. The fourth-order valence-corrected chi connectivity index (χ4v) is 3.18. The van der Waals surface area contributed by atoms with Crippen molar-refractivity contribution in [2.75, 3.05) is 17.2 Å². The van der Waals surface area contributed by atoms with Gasteiger partial charge in [0.1, 0.15) is 5.84 Å². The molecule has 1 amide bonds. The van der Waals surface area contributed by atoms with Crippen molar-refractivity contribution in [3.05, 3.63) is 57.2 Å². The van der Waals surface area contributed by atoms with E-state index in [9.17, 15) is 4.79 Å². The summed E-state index contributed by atoms with van der Waals surface area (Å²) in [5.74, 6) is 1.83. The summed E-state index contributed by atoms with van der Waals surface area (Å²) in [5, 5.41) is 6.23. The molecule has 0 radical (unpaired) electrons. The largest absolute Gasteiger partial charge is 0.324 e. The van der Waals surface area contributed by atoms with Gasteiger partial charge in [-0.15, -0.1) is 0 Å². The molecular formula is C18H15BrClN5O. The number of hydrogen-bond acceptors (Lipinski definition) is 5. The molecule has 0 bridgehead atoms. The normalized spacial score (nSPS) is 16.1. The Balaban J connectivity index is 1.49. The molecule has 8 heteroatoms. The monoisotopic (exact) mass is 431 g/mol. The van der Waals surface area contributed by atoms with Crippen molar-refractivity contribution >= 4 is 51.0 Å². The maximum Gasteiger partial charge on any atom is 0.259 e. The van der Waals surface area contributed by atoms with Crippen LogP contribution in [0, 0.1) is 5.92 Å². The molecule has 2 aromatic rings. The molecule has 2 aliphatic rings. The number of hydrogen-bond donors (Lipinski definition) is 2. The van der Waals surface area contributed by atoms with E-state index in [1.54, 1.807) is 30.5 Å². The van der Waals surface area contributed by atoms with Gasteiger partial charge in [0.05, 0.1) is 21.6 Å². The van der Waals surface area contributed by atoms with Crippen LogP contribution in [0.5, 0.6) is 0 Å². The van der Waals surface area contributed by atoms with Crippen molar-refractivity contribution in [3.8, 4) is 0 Å². The zero-order valence-electron chi connectivity index (χ0n) is 13.7. The number of benzene rings is 1. The van der Waals surface area contributed by atoms with Gasteiger partial charge in [-0.05, 0) is 58.5 Å². The fourth-order valence-electron chi connectivity index (χ4n) is 2.67. The summed E-state index contributed by atoms with van der Waals surface area (Å²) in [4.78, 5) is 25.3. The van der Waals surface area contributed by atoms with Crippen molar-refractivity contribution in [2.45, 2.75) is 12.8 Å². The highest BCUT2D eigenvalue weighted by Crippen LogP contribution is 2.38. The van der Waals surface area contributed by atoms with Gasteiger partial charge in [-0.25, -0.2) is 4.98 Å². The fraction of sp³-hybridized carbons (Fsp3) is 0.222. The average Bonchev–Trinajstić information content (AvgIpc) is 3.38. The number of nitrogens with one attached hydrogen (secondary N) is 2. The van der Waals surface area contributed by atoms with Gasteiger partial charge < -0.3 is 5.32 Å². The summed E-state index contributed by atoms with van der Waals surface area (Å²) in [5.41, 5.74) is 1.73. The minimum atomic E-state index is -0.363. The third kappa shape index (κ3) is 3.78. The Morgan fingerprint density at radius 1 is 1.27 bits per heavy atom. The topological polar surface area (TPSA) is 79.3 Å². The van der Waals surface area contributed by atoms with Gasteiger partial charge in [-0.1, -0.05) is 23.7 Å². The van der Waals surface area contributed by atoms with Crippen LogP contribution >= 0.6 is 27.5 Å². The van der Waals surface area contributed by atoms with Crippen LogP contribution in [0.25, 0.3) is 0 Å². The summed E-state index contributed by atoms with van der Waals surface area (Å²) in [6, 6.07) is 6.82. The molecule has 6 nitrogen and oxygen atoms in total. The Morgan fingerprint density at radius 2 is 2.08 bits per heavy atom. The van der Waals surface area contributed by atoms with Crippen molar-refractivity contribution in [2.24, 2.45) is 10.9 Å². The van der Waals surface area contributed by atoms with Crippen LogP contribution in [0.1, 0.15) is 23.2 Å². The summed E-state index contributed by atoms with van der Waals surface area (Å²) < 4.78 is 0.684. The minimum absolute atomic E-state index is 0.186. The van der Waals surface area contributed by atoms with Gasteiger partial charge in [0.2, 0.25) is 5.95 Å². The number of amides is 1. The number of aromatic nitrogens is 2. The average molecular weight is 433 g/mol. The van der Waals surface area contributed by atoms with Gasteiger partial charge in [-0.2, -0.15) is 4.98 Å². The molecule has 1 saturated carbocycles. The SMILES string of the molecule is O=C(Nc1ncc(Br)c(NC2=NCC(C3CC3)=C2)n1)c1ccccc1Cl. The van der Waals surface area contributed by atoms with E-state index in [4.69, 9.17) is 11.6 Å². The predicted octanol–water partition coefficient (Wildman–Crippen LogP) is 4.31.